The zero-order valence-electron chi connectivity index (χ0n) is 16.6. The highest BCUT2D eigenvalue weighted by Gasteiger charge is 2.22. The maximum Gasteiger partial charge on any atom is 0.337 e. The van der Waals surface area contributed by atoms with Crippen LogP contribution in [0.25, 0.3) is 11.1 Å². The van der Waals surface area contributed by atoms with Crippen LogP contribution < -0.4 is 9.47 Å². The van der Waals surface area contributed by atoms with Crippen molar-refractivity contribution >= 4 is 17.6 Å². The van der Waals surface area contributed by atoms with Gasteiger partial charge in [-0.1, -0.05) is 29.8 Å². The normalized spacial score (nSPS) is 13.0. The molecule has 0 radical (unpaired) electrons. The van der Waals surface area contributed by atoms with Crippen LogP contribution in [0.2, 0.25) is 5.02 Å². The molecule has 0 amide bonds. The molecule has 0 aliphatic heterocycles. The summed E-state index contributed by atoms with van der Waals surface area (Å²) in [5.74, 6) is 1.65. The molecular weight excluding hydrogens is 402 g/mol. The van der Waals surface area contributed by atoms with Gasteiger partial charge in [0, 0.05) is 28.4 Å². The number of hydrogen-bond acceptors (Lipinski definition) is 5. The van der Waals surface area contributed by atoms with Crippen LogP contribution in [0.4, 0.5) is 0 Å². The summed E-state index contributed by atoms with van der Waals surface area (Å²) in [4.78, 5) is 16.0. The molecule has 0 spiro atoms. The lowest BCUT2D eigenvalue weighted by Gasteiger charge is -2.11. The Labute approximate surface area is 180 Å². The summed E-state index contributed by atoms with van der Waals surface area (Å²) >= 11 is 6.28. The van der Waals surface area contributed by atoms with E-state index in [9.17, 15) is 4.79 Å². The molecule has 0 atom stereocenters. The van der Waals surface area contributed by atoms with Gasteiger partial charge in [-0.2, -0.15) is 0 Å². The molecule has 1 aliphatic rings. The van der Waals surface area contributed by atoms with Crippen molar-refractivity contribution in [2.45, 2.75) is 19.4 Å². The fourth-order valence-corrected chi connectivity index (χ4v) is 3.20. The predicted molar refractivity (Wildman–Crippen MR) is 115 cm³/mol. The largest absolute Gasteiger partial charge is 0.489 e. The minimum Gasteiger partial charge on any atom is -0.489 e. The average molecular weight is 424 g/mol. The van der Waals surface area contributed by atoms with Gasteiger partial charge in [0.05, 0.1) is 19.3 Å². The number of hydrogen-bond donors (Lipinski definition) is 0. The Morgan fingerprint density at radius 1 is 1.07 bits per heavy atom. The SMILES string of the molecule is COC(=O)c1ccc(COc2cccc(-c3ccc(OCC4CC4)nc3)c2)c(Cl)c1. The van der Waals surface area contributed by atoms with E-state index in [2.05, 4.69) is 4.98 Å². The van der Waals surface area contributed by atoms with E-state index in [0.717, 1.165) is 29.0 Å². The van der Waals surface area contributed by atoms with Crippen LogP contribution in [0.5, 0.6) is 11.6 Å². The number of rotatable bonds is 8. The molecule has 1 saturated carbocycles. The maximum atomic E-state index is 11.6. The number of carbonyl (C=O) groups is 1. The number of carbonyl (C=O) groups excluding carboxylic acids is 1. The first-order valence-electron chi connectivity index (χ1n) is 9.81. The van der Waals surface area contributed by atoms with Crippen LogP contribution in [-0.4, -0.2) is 24.7 Å². The number of esters is 1. The van der Waals surface area contributed by atoms with E-state index in [4.69, 9.17) is 25.8 Å². The van der Waals surface area contributed by atoms with Crippen LogP contribution in [0.15, 0.2) is 60.8 Å². The Balaban J connectivity index is 1.40. The van der Waals surface area contributed by atoms with Crippen molar-refractivity contribution in [3.8, 4) is 22.8 Å². The predicted octanol–water partition coefficient (Wildman–Crippen LogP) is 5.56. The van der Waals surface area contributed by atoms with Gasteiger partial charge in [-0.05, 0) is 54.7 Å². The van der Waals surface area contributed by atoms with E-state index in [1.807, 2.05) is 42.6 Å². The van der Waals surface area contributed by atoms with Gasteiger partial charge in [0.25, 0.3) is 0 Å². The summed E-state index contributed by atoms with van der Waals surface area (Å²) < 4.78 is 16.3. The van der Waals surface area contributed by atoms with Crippen LogP contribution in [-0.2, 0) is 11.3 Å². The Bertz CT molecular complexity index is 1030. The van der Waals surface area contributed by atoms with Gasteiger partial charge >= 0.3 is 5.97 Å². The molecule has 1 heterocycles. The minimum absolute atomic E-state index is 0.288. The summed E-state index contributed by atoms with van der Waals surface area (Å²) in [6.07, 6.45) is 4.32. The van der Waals surface area contributed by atoms with E-state index in [-0.39, 0.29) is 6.61 Å². The first-order chi connectivity index (χ1) is 14.6. The third-order valence-corrected chi connectivity index (χ3v) is 5.29. The van der Waals surface area contributed by atoms with Crippen molar-refractivity contribution in [2.24, 2.45) is 5.92 Å². The van der Waals surface area contributed by atoms with E-state index in [0.29, 0.717) is 22.4 Å². The smallest absolute Gasteiger partial charge is 0.337 e. The zero-order valence-corrected chi connectivity index (χ0v) is 17.4. The highest BCUT2D eigenvalue weighted by Crippen LogP contribution is 2.30. The standard InChI is InChI=1S/C24H22ClNO4/c1-28-24(27)18-7-8-20(22(25)12-18)15-29-21-4-2-3-17(11-21)19-9-10-23(26-13-19)30-14-16-5-6-16/h2-4,7-13,16H,5-6,14-15H2,1H3. The first kappa shape index (κ1) is 20.2. The summed E-state index contributed by atoms with van der Waals surface area (Å²) in [6.45, 7) is 1.04. The van der Waals surface area contributed by atoms with E-state index >= 15 is 0 Å². The third-order valence-electron chi connectivity index (χ3n) is 4.94. The lowest BCUT2D eigenvalue weighted by atomic mass is 10.1. The van der Waals surface area contributed by atoms with Crippen LogP contribution in [0, 0.1) is 5.92 Å². The number of benzene rings is 2. The molecule has 1 aromatic heterocycles. The van der Waals surface area contributed by atoms with Gasteiger partial charge in [-0.25, -0.2) is 9.78 Å². The molecule has 0 N–H and O–H groups in total. The minimum atomic E-state index is -0.422. The van der Waals surface area contributed by atoms with Crippen LogP contribution >= 0.6 is 11.6 Å². The fourth-order valence-electron chi connectivity index (χ4n) is 2.96. The van der Waals surface area contributed by atoms with Gasteiger partial charge in [0.1, 0.15) is 12.4 Å². The molecule has 30 heavy (non-hydrogen) atoms. The van der Waals surface area contributed by atoms with Crippen LogP contribution in [0.1, 0.15) is 28.8 Å². The van der Waals surface area contributed by atoms with Crippen molar-refractivity contribution in [2.75, 3.05) is 13.7 Å². The van der Waals surface area contributed by atoms with Gasteiger partial charge in [0.2, 0.25) is 5.88 Å². The quantitative estimate of drug-likeness (QED) is 0.444. The summed E-state index contributed by atoms with van der Waals surface area (Å²) in [7, 11) is 1.34. The molecule has 5 nitrogen and oxygen atoms in total. The number of methoxy groups -OCH3 is 1. The zero-order chi connectivity index (χ0) is 20.9. The second-order valence-corrected chi connectivity index (χ2v) is 7.66. The molecule has 0 unspecified atom stereocenters. The lowest BCUT2D eigenvalue weighted by molar-refractivity contribution is 0.0600. The van der Waals surface area contributed by atoms with Gasteiger partial charge in [0.15, 0.2) is 0 Å². The topological polar surface area (TPSA) is 57.7 Å². The molecule has 0 saturated heterocycles. The molecule has 154 valence electrons. The van der Waals surface area contributed by atoms with E-state index < -0.39 is 5.97 Å². The van der Waals surface area contributed by atoms with Gasteiger partial charge in [-0.3, -0.25) is 0 Å². The number of ether oxygens (including phenoxy) is 3. The maximum absolute atomic E-state index is 11.6. The molecule has 0 bridgehead atoms. The summed E-state index contributed by atoms with van der Waals surface area (Å²) in [5, 5.41) is 0.458. The monoisotopic (exact) mass is 423 g/mol. The fraction of sp³-hybridized carbons (Fsp3) is 0.250. The molecule has 2 aromatic carbocycles. The highest BCUT2D eigenvalue weighted by molar-refractivity contribution is 6.31. The van der Waals surface area contributed by atoms with E-state index in [1.54, 1.807) is 18.2 Å². The second-order valence-electron chi connectivity index (χ2n) is 7.25. The van der Waals surface area contributed by atoms with Gasteiger partial charge < -0.3 is 14.2 Å². The Morgan fingerprint density at radius 3 is 2.63 bits per heavy atom. The third kappa shape index (κ3) is 5.10. The van der Waals surface area contributed by atoms with Crippen molar-refractivity contribution in [1.29, 1.82) is 0 Å². The van der Waals surface area contributed by atoms with E-state index in [1.165, 1.54) is 20.0 Å². The molecule has 6 heteroatoms. The van der Waals surface area contributed by atoms with Crippen LogP contribution in [0.3, 0.4) is 0 Å². The van der Waals surface area contributed by atoms with Crippen molar-refractivity contribution in [1.82, 2.24) is 4.98 Å². The van der Waals surface area contributed by atoms with Crippen molar-refractivity contribution in [3.05, 3.63) is 76.9 Å². The Kier molecular flexibility index (Phi) is 6.19. The molecule has 3 aromatic rings. The second kappa shape index (κ2) is 9.18. The molecule has 1 fully saturated rings. The first-order valence-corrected chi connectivity index (χ1v) is 10.2. The summed E-state index contributed by atoms with van der Waals surface area (Å²) in [5.41, 5.74) is 3.18. The Hall–Kier alpha value is -3.05. The number of halogens is 1. The lowest BCUT2D eigenvalue weighted by Crippen LogP contribution is -2.03. The number of nitrogens with zero attached hydrogens (tertiary/aromatic N) is 1. The summed E-state index contributed by atoms with van der Waals surface area (Å²) in [6, 6.07) is 16.7. The Morgan fingerprint density at radius 2 is 1.93 bits per heavy atom. The van der Waals surface area contributed by atoms with Crippen molar-refractivity contribution in [3.63, 3.8) is 0 Å². The molecule has 4 rings (SSSR count). The average Bonchev–Trinajstić information content (AvgIpc) is 3.61. The van der Waals surface area contributed by atoms with Gasteiger partial charge in [-0.15, -0.1) is 0 Å². The highest BCUT2D eigenvalue weighted by atomic mass is 35.5. The number of aromatic nitrogens is 1. The molecular formula is C24H22ClNO4. The molecule has 1 aliphatic carbocycles. The number of pyridine rings is 1. The van der Waals surface area contributed by atoms with Crippen molar-refractivity contribution < 1.29 is 19.0 Å².